The van der Waals surface area contributed by atoms with Gasteiger partial charge in [0.05, 0.1) is 6.54 Å². The topological polar surface area (TPSA) is 65.5 Å². The van der Waals surface area contributed by atoms with Gasteiger partial charge in [0.2, 0.25) is 5.91 Å². The van der Waals surface area contributed by atoms with Crippen molar-refractivity contribution < 1.29 is 9.18 Å². The van der Waals surface area contributed by atoms with E-state index < -0.39 is 0 Å². The summed E-state index contributed by atoms with van der Waals surface area (Å²) in [5.41, 5.74) is 0.656. The molecule has 0 spiro atoms. The Morgan fingerprint density at radius 3 is 2.73 bits per heavy atom. The van der Waals surface area contributed by atoms with Gasteiger partial charge in [-0.05, 0) is 43.9 Å². The second-order valence-corrected chi connectivity index (χ2v) is 7.46. The molecule has 3 N–H and O–H groups in total. The van der Waals surface area contributed by atoms with Crippen molar-refractivity contribution in [2.75, 3.05) is 19.6 Å². The highest BCUT2D eigenvalue weighted by molar-refractivity contribution is 5.80. The summed E-state index contributed by atoms with van der Waals surface area (Å²) in [5.74, 6) is 0.622. The van der Waals surface area contributed by atoms with E-state index in [2.05, 4.69) is 34.8 Å². The van der Waals surface area contributed by atoms with E-state index in [9.17, 15) is 9.18 Å². The summed E-state index contributed by atoms with van der Waals surface area (Å²) in [6, 6.07) is 7.09. The summed E-state index contributed by atoms with van der Waals surface area (Å²) in [6.07, 6.45) is 3.51. The van der Waals surface area contributed by atoms with Gasteiger partial charge in [0.25, 0.3) is 0 Å². The number of amides is 1. The highest BCUT2D eigenvalue weighted by Gasteiger charge is 2.23. The zero-order valence-electron chi connectivity index (χ0n) is 16.1. The minimum atomic E-state index is -0.269. The van der Waals surface area contributed by atoms with Crippen molar-refractivity contribution >= 4 is 11.9 Å². The first-order chi connectivity index (χ1) is 12.4. The molecule has 6 heteroatoms. The summed E-state index contributed by atoms with van der Waals surface area (Å²) < 4.78 is 13.5. The van der Waals surface area contributed by atoms with Crippen LogP contribution < -0.4 is 16.0 Å². The quantitative estimate of drug-likeness (QED) is 0.359. The van der Waals surface area contributed by atoms with E-state index in [1.165, 1.54) is 6.07 Å². The van der Waals surface area contributed by atoms with Crippen LogP contribution in [0.4, 0.5) is 4.39 Å². The van der Waals surface area contributed by atoms with Crippen LogP contribution in [-0.2, 0) is 10.2 Å². The van der Waals surface area contributed by atoms with E-state index in [0.29, 0.717) is 25.6 Å². The molecule has 1 amide bonds. The number of rotatable bonds is 9. The molecular formula is C20H31FN4O. The number of carbonyl (C=O) groups excluding carboxylic acids is 1. The minimum absolute atomic E-state index is 0.128. The van der Waals surface area contributed by atoms with Gasteiger partial charge in [-0.1, -0.05) is 26.0 Å². The summed E-state index contributed by atoms with van der Waals surface area (Å²) >= 11 is 0. The van der Waals surface area contributed by atoms with Gasteiger partial charge in [0, 0.05) is 31.0 Å². The van der Waals surface area contributed by atoms with Crippen molar-refractivity contribution in [1.29, 1.82) is 0 Å². The van der Waals surface area contributed by atoms with Crippen LogP contribution in [0.15, 0.2) is 29.3 Å². The molecule has 5 nitrogen and oxygen atoms in total. The molecule has 0 aromatic heterocycles. The molecule has 0 atom stereocenters. The van der Waals surface area contributed by atoms with Crippen molar-refractivity contribution in [3.05, 3.63) is 35.6 Å². The smallest absolute Gasteiger partial charge is 0.220 e. The van der Waals surface area contributed by atoms with Crippen LogP contribution in [0.5, 0.6) is 0 Å². The number of halogens is 1. The van der Waals surface area contributed by atoms with Gasteiger partial charge in [-0.15, -0.1) is 0 Å². The molecule has 1 aliphatic carbocycles. The van der Waals surface area contributed by atoms with Crippen molar-refractivity contribution in [1.82, 2.24) is 16.0 Å². The average molecular weight is 362 g/mol. The van der Waals surface area contributed by atoms with E-state index in [4.69, 9.17) is 0 Å². The molecule has 26 heavy (non-hydrogen) atoms. The van der Waals surface area contributed by atoms with Gasteiger partial charge in [-0.25, -0.2) is 4.39 Å². The van der Waals surface area contributed by atoms with Crippen molar-refractivity contribution in [2.45, 2.75) is 57.9 Å². The van der Waals surface area contributed by atoms with Crippen molar-refractivity contribution in [3.8, 4) is 0 Å². The van der Waals surface area contributed by atoms with Gasteiger partial charge >= 0.3 is 0 Å². The van der Waals surface area contributed by atoms with Gasteiger partial charge in [0.1, 0.15) is 5.82 Å². The average Bonchev–Trinajstić information content (AvgIpc) is 3.40. The lowest BCUT2D eigenvalue weighted by Crippen LogP contribution is -2.39. The predicted molar refractivity (Wildman–Crippen MR) is 104 cm³/mol. The number of guanidine groups is 1. The Bertz CT molecular complexity index is 626. The second-order valence-electron chi connectivity index (χ2n) is 7.46. The molecule has 0 unspecified atom stereocenters. The van der Waals surface area contributed by atoms with E-state index in [1.807, 2.05) is 13.0 Å². The highest BCUT2D eigenvalue weighted by Crippen LogP contribution is 2.24. The zero-order valence-corrected chi connectivity index (χ0v) is 16.1. The SMILES string of the molecule is CCNC(=NCC(C)(C)c1cccc(F)c1)NCCCC(=O)NC1CC1. The van der Waals surface area contributed by atoms with E-state index in [1.54, 1.807) is 12.1 Å². The van der Waals surface area contributed by atoms with Gasteiger partial charge in [0.15, 0.2) is 5.96 Å². The molecule has 1 saturated carbocycles. The monoisotopic (exact) mass is 362 g/mol. The van der Waals surface area contributed by atoms with Gasteiger partial charge < -0.3 is 16.0 Å². The fraction of sp³-hybridized carbons (Fsp3) is 0.600. The lowest BCUT2D eigenvalue weighted by Gasteiger charge is -2.24. The molecular weight excluding hydrogens is 331 g/mol. The van der Waals surface area contributed by atoms with Crippen molar-refractivity contribution in [3.63, 3.8) is 0 Å². The second kappa shape index (κ2) is 9.55. The Labute approximate surface area is 155 Å². The standard InChI is InChI=1S/C20H31FN4O/c1-4-22-19(23-12-6-9-18(26)25-17-10-11-17)24-14-20(2,3)15-7-5-8-16(21)13-15/h5,7-8,13,17H,4,6,9-12,14H2,1-3H3,(H,25,26)(H2,22,23,24). The van der Waals surface area contributed by atoms with Crippen LogP contribution in [0.3, 0.4) is 0 Å². The molecule has 0 saturated heterocycles. The highest BCUT2D eigenvalue weighted by atomic mass is 19.1. The molecule has 0 heterocycles. The molecule has 1 aromatic rings. The Morgan fingerprint density at radius 1 is 1.31 bits per heavy atom. The fourth-order valence-corrected chi connectivity index (χ4v) is 2.60. The van der Waals surface area contributed by atoms with Gasteiger partial charge in [-0.3, -0.25) is 9.79 Å². The summed E-state index contributed by atoms with van der Waals surface area (Å²) in [5, 5.41) is 9.47. The summed E-state index contributed by atoms with van der Waals surface area (Å²) in [4.78, 5) is 16.3. The molecule has 2 rings (SSSR count). The molecule has 0 radical (unpaired) electrons. The lowest BCUT2D eigenvalue weighted by atomic mass is 9.85. The molecule has 1 aliphatic rings. The predicted octanol–water partition coefficient (Wildman–Crippen LogP) is 2.72. The van der Waals surface area contributed by atoms with Crippen LogP contribution in [0, 0.1) is 5.82 Å². The first-order valence-corrected chi connectivity index (χ1v) is 9.48. The number of benzene rings is 1. The molecule has 0 aliphatic heterocycles. The normalized spacial score (nSPS) is 14.8. The Kier molecular flexibility index (Phi) is 7.42. The Balaban J connectivity index is 1.81. The van der Waals surface area contributed by atoms with E-state index in [-0.39, 0.29) is 17.1 Å². The van der Waals surface area contributed by atoms with E-state index in [0.717, 1.165) is 37.3 Å². The van der Waals surface area contributed by atoms with Crippen molar-refractivity contribution in [2.24, 2.45) is 4.99 Å². The molecule has 1 fully saturated rings. The van der Waals surface area contributed by atoms with Crippen LogP contribution in [-0.4, -0.2) is 37.5 Å². The molecule has 144 valence electrons. The number of hydrogen-bond acceptors (Lipinski definition) is 2. The van der Waals surface area contributed by atoms with E-state index >= 15 is 0 Å². The number of hydrogen-bond donors (Lipinski definition) is 3. The Hall–Kier alpha value is -2.11. The minimum Gasteiger partial charge on any atom is -0.357 e. The van der Waals surface area contributed by atoms with Crippen LogP contribution in [0.1, 0.15) is 52.0 Å². The summed E-state index contributed by atoms with van der Waals surface area (Å²) in [7, 11) is 0. The van der Waals surface area contributed by atoms with Crippen LogP contribution >= 0.6 is 0 Å². The third-order valence-corrected chi connectivity index (χ3v) is 4.40. The Morgan fingerprint density at radius 2 is 2.08 bits per heavy atom. The first-order valence-electron chi connectivity index (χ1n) is 9.48. The van der Waals surface area contributed by atoms with Crippen LogP contribution in [0.2, 0.25) is 0 Å². The third-order valence-electron chi connectivity index (χ3n) is 4.40. The molecule has 1 aromatic carbocycles. The molecule has 0 bridgehead atoms. The van der Waals surface area contributed by atoms with Crippen LogP contribution in [0.25, 0.3) is 0 Å². The first kappa shape index (κ1) is 20.2. The maximum Gasteiger partial charge on any atom is 0.220 e. The number of aliphatic imine (C=N–C) groups is 1. The maximum atomic E-state index is 13.5. The largest absolute Gasteiger partial charge is 0.357 e. The number of nitrogens with zero attached hydrogens (tertiary/aromatic N) is 1. The van der Waals surface area contributed by atoms with Gasteiger partial charge in [-0.2, -0.15) is 0 Å². The zero-order chi connectivity index (χ0) is 19.0. The third kappa shape index (κ3) is 7.02. The lowest BCUT2D eigenvalue weighted by molar-refractivity contribution is -0.121. The fourth-order valence-electron chi connectivity index (χ4n) is 2.60. The maximum absolute atomic E-state index is 13.5. The number of nitrogens with one attached hydrogen (secondary N) is 3. The summed E-state index contributed by atoms with van der Waals surface area (Å²) in [6.45, 7) is 8.10. The number of carbonyl (C=O) groups is 1.